The summed E-state index contributed by atoms with van der Waals surface area (Å²) in [7, 11) is 0. The van der Waals surface area contributed by atoms with E-state index in [0.717, 1.165) is 6.42 Å². The average Bonchev–Trinajstić information content (AvgIpc) is 2.35. The molecular formula is C14H19NO3. The van der Waals surface area contributed by atoms with Crippen LogP contribution in [0.25, 0.3) is 0 Å². The van der Waals surface area contributed by atoms with Crippen molar-refractivity contribution in [3.05, 3.63) is 42.5 Å². The van der Waals surface area contributed by atoms with Crippen molar-refractivity contribution in [1.29, 1.82) is 0 Å². The third-order valence-corrected chi connectivity index (χ3v) is 2.46. The molecule has 0 heterocycles. The second-order valence-corrected chi connectivity index (χ2v) is 4.06. The predicted molar refractivity (Wildman–Crippen MR) is 71.2 cm³/mol. The molecule has 1 unspecified atom stereocenters. The number of carboxylic acids is 1. The van der Waals surface area contributed by atoms with E-state index in [-0.39, 0.29) is 5.56 Å². The van der Waals surface area contributed by atoms with Crippen LogP contribution in [0.4, 0.5) is 0 Å². The minimum Gasteiger partial charge on any atom is -0.492 e. The zero-order chi connectivity index (χ0) is 13.4. The number of hydrogen-bond donors (Lipinski definition) is 2. The van der Waals surface area contributed by atoms with Gasteiger partial charge in [0, 0.05) is 12.6 Å². The Balaban J connectivity index is 2.33. The molecule has 0 bridgehead atoms. The zero-order valence-corrected chi connectivity index (χ0v) is 10.6. The third kappa shape index (κ3) is 5.01. The zero-order valence-electron chi connectivity index (χ0n) is 10.6. The summed E-state index contributed by atoms with van der Waals surface area (Å²) < 4.78 is 5.47. The minimum absolute atomic E-state index is 0.237. The molecule has 0 spiro atoms. The van der Waals surface area contributed by atoms with E-state index in [9.17, 15) is 4.79 Å². The largest absolute Gasteiger partial charge is 0.492 e. The molecule has 4 nitrogen and oxygen atoms in total. The van der Waals surface area contributed by atoms with Crippen molar-refractivity contribution in [3.8, 4) is 5.75 Å². The maximum atomic E-state index is 10.8. The van der Waals surface area contributed by atoms with Crippen molar-refractivity contribution in [2.24, 2.45) is 0 Å². The van der Waals surface area contributed by atoms with Crippen molar-refractivity contribution in [2.45, 2.75) is 19.4 Å². The Morgan fingerprint density at radius 3 is 3.06 bits per heavy atom. The number of rotatable bonds is 8. The van der Waals surface area contributed by atoms with Crippen LogP contribution < -0.4 is 10.1 Å². The lowest BCUT2D eigenvalue weighted by molar-refractivity contribution is 0.0696. The van der Waals surface area contributed by atoms with Gasteiger partial charge < -0.3 is 15.2 Å². The van der Waals surface area contributed by atoms with Gasteiger partial charge in [0.05, 0.1) is 5.56 Å². The summed E-state index contributed by atoms with van der Waals surface area (Å²) in [6.07, 6.45) is 2.78. The van der Waals surface area contributed by atoms with Crippen LogP contribution in [0.3, 0.4) is 0 Å². The SMILES string of the molecule is C=CCC(C)NCCOc1cccc(C(=O)O)c1. The van der Waals surface area contributed by atoms with Gasteiger partial charge in [-0.25, -0.2) is 4.79 Å². The Morgan fingerprint density at radius 1 is 1.61 bits per heavy atom. The van der Waals surface area contributed by atoms with Crippen LogP contribution >= 0.6 is 0 Å². The van der Waals surface area contributed by atoms with Gasteiger partial charge in [-0.3, -0.25) is 0 Å². The molecule has 0 aliphatic carbocycles. The van der Waals surface area contributed by atoms with Crippen LogP contribution in [0.5, 0.6) is 5.75 Å². The first-order valence-electron chi connectivity index (χ1n) is 5.94. The second-order valence-electron chi connectivity index (χ2n) is 4.06. The van der Waals surface area contributed by atoms with E-state index in [1.807, 2.05) is 6.08 Å². The topological polar surface area (TPSA) is 58.6 Å². The van der Waals surface area contributed by atoms with E-state index in [1.54, 1.807) is 18.2 Å². The maximum Gasteiger partial charge on any atom is 0.335 e. The molecule has 0 amide bonds. The number of hydrogen-bond acceptors (Lipinski definition) is 3. The summed E-state index contributed by atoms with van der Waals surface area (Å²) in [5.41, 5.74) is 0.237. The van der Waals surface area contributed by atoms with Crippen molar-refractivity contribution in [3.63, 3.8) is 0 Å². The van der Waals surface area contributed by atoms with E-state index >= 15 is 0 Å². The van der Waals surface area contributed by atoms with Gasteiger partial charge in [-0.1, -0.05) is 12.1 Å². The number of carboxylic acid groups (broad SMARTS) is 1. The molecule has 0 fully saturated rings. The monoisotopic (exact) mass is 249 g/mol. The molecule has 0 saturated carbocycles. The first-order chi connectivity index (χ1) is 8.63. The fraction of sp³-hybridized carbons (Fsp3) is 0.357. The van der Waals surface area contributed by atoms with Crippen molar-refractivity contribution >= 4 is 5.97 Å². The summed E-state index contributed by atoms with van der Waals surface area (Å²) in [5.74, 6) is -0.369. The Labute approximate surface area is 107 Å². The standard InChI is InChI=1S/C14H19NO3/c1-3-5-11(2)15-8-9-18-13-7-4-6-12(10-13)14(16)17/h3-4,6-7,10-11,15H,1,5,8-9H2,2H3,(H,16,17). The summed E-state index contributed by atoms with van der Waals surface area (Å²) in [6, 6.07) is 6.86. The molecule has 0 saturated heterocycles. The van der Waals surface area contributed by atoms with Gasteiger partial charge in [0.1, 0.15) is 12.4 Å². The number of aromatic carboxylic acids is 1. The molecule has 0 aliphatic rings. The van der Waals surface area contributed by atoms with Gasteiger partial charge in [0.2, 0.25) is 0 Å². The summed E-state index contributed by atoms with van der Waals surface area (Å²) in [6.45, 7) is 6.97. The van der Waals surface area contributed by atoms with Gasteiger partial charge in [-0.2, -0.15) is 0 Å². The Morgan fingerprint density at radius 2 is 2.39 bits per heavy atom. The summed E-state index contributed by atoms with van der Waals surface area (Å²) in [4.78, 5) is 10.8. The molecule has 18 heavy (non-hydrogen) atoms. The van der Waals surface area contributed by atoms with Crippen LogP contribution in [0.1, 0.15) is 23.7 Å². The molecule has 98 valence electrons. The van der Waals surface area contributed by atoms with Crippen molar-refractivity contribution in [2.75, 3.05) is 13.2 Å². The highest BCUT2D eigenvalue weighted by Crippen LogP contribution is 2.12. The quantitative estimate of drug-likeness (QED) is 0.548. The van der Waals surface area contributed by atoms with Gasteiger partial charge in [-0.05, 0) is 31.5 Å². The highest BCUT2D eigenvalue weighted by Gasteiger charge is 2.03. The first-order valence-corrected chi connectivity index (χ1v) is 5.94. The third-order valence-electron chi connectivity index (χ3n) is 2.46. The molecule has 0 aliphatic heterocycles. The van der Waals surface area contributed by atoms with Gasteiger partial charge in [0.25, 0.3) is 0 Å². The molecule has 4 heteroatoms. The Hall–Kier alpha value is -1.81. The molecule has 1 rings (SSSR count). The van der Waals surface area contributed by atoms with Gasteiger partial charge in [0.15, 0.2) is 0 Å². The normalized spacial score (nSPS) is 11.8. The van der Waals surface area contributed by atoms with Crippen LogP contribution in [-0.4, -0.2) is 30.3 Å². The van der Waals surface area contributed by atoms with E-state index in [1.165, 1.54) is 6.07 Å². The average molecular weight is 249 g/mol. The van der Waals surface area contributed by atoms with Gasteiger partial charge >= 0.3 is 5.97 Å². The van der Waals surface area contributed by atoms with E-state index in [2.05, 4.69) is 18.8 Å². The lowest BCUT2D eigenvalue weighted by Crippen LogP contribution is -2.29. The molecule has 1 aromatic rings. The van der Waals surface area contributed by atoms with Crippen molar-refractivity contribution < 1.29 is 14.6 Å². The molecule has 0 aromatic heterocycles. The lowest BCUT2D eigenvalue weighted by Gasteiger charge is -2.12. The second kappa shape index (κ2) is 7.50. The summed E-state index contributed by atoms with van der Waals surface area (Å²) >= 11 is 0. The van der Waals surface area contributed by atoms with E-state index in [0.29, 0.717) is 24.9 Å². The molecule has 0 radical (unpaired) electrons. The smallest absolute Gasteiger partial charge is 0.335 e. The van der Waals surface area contributed by atoms with E-state index < -0.39 is 5.97 Å². The molecule has 2 N–H and O–H groups in total. The molecule has 1 atom stereocenters. The molecular weight excluding hydrogens is 230 g/mol. The van der Waals surface area contributed by atoms with Crippen LogP contribution in [0, 0.1) is 0 Å². The minimum atomic E-state index is -0.946. The van der Waals surface area contributed by atoms with Gasteiger partial charge in [-0.15, -0.1) is 6.58 Å². The van der Waals surface area contributed by atoms with Crippen LogP contribution in [-0.2, 0) is 0 Å². The Kier molecular flexibility index (Phi) is 5.94. The molecule has 1 aromatic carbocycles. The van der Waals surface area contributed by atoms with E-state index in [4.69, 9.17) is 9.84 Å². The van der Waals surface area contributed by atoms with Crippen molar-refractivity contribution in [1.82, 2.24) is 5.32 Å². The predicted octanol–water partition coefficient (Wildman–Crippen LogP) is 2.32. The highest BCUT2D eigenvalue weighted by atomic mass is 16.5. The fourth-order valence-electron chi connectivity index (χ4n) is 1.53. The fourth-order valence-corrected chi connectivity index (χ4v) is 1.53. The van der Waals surface area contributed by atoms with Crippen LogP contribution in [0.15, 0.2) is 36.9 Å². The number of nitrogens with one attached hydrogen (secondary N) is 1. The number of benzene rings is 1. The highest BCUT2D eigenvalue weighted by molar-refractivity contribution is 5.87. The number of carbonyl (C=O) groups is 1. The van der Waals surface area contributed by atoms with Crippen LogP contribution in [0.2, 0.25) is 0 Å². The maximum absolute atomic E-state index is 10.8. The lowest BCUT2D eigenvalue weighted by atomic mass is 10.2. The first kappa shape index (κ1) is 14.3. The Bertz CT molecular complexity index is 404. The summed E-state index contributed by atoms with van der Waals surface area (Å²) in [5, 5.41) is 12.1. The number of ether oxygens (including phenoxy) is 1.